The molecule has 0 aromatic heterocycles. The molecular formula is C16H22F3NO2. The summed E-state index contributed by atoms with van der Waals surface area (Å²) >= 11 is 0. The Morgan fingerprint density at radius 2 is 2.18 bits per heavy atom. The minimum absolute atomic E-state index is 0.121. The van der Waals surface area contributed by atoms with E-state index in [2.05, 4.69) is 12.2 Å². The second kappa shape index (κ2) is 6.87. The molecule has 1 aromatic rings. The third kappa shape index (κ3) is 4.61. The predicted molar refractivity (Wildman–Crippen MR) is 77.7 cm³/mol. The highest BCUT2D eigenvalue weighted by Crippen LogP contribution is 2.37. The van der Waals surface area contributed by atoms with E-state index in [0.717, 1.165) is 24.8 Å². The molecule has 2 N–H and O–H groups in total. The Labute approximate surface area is 128 Å². The summed E-state index contributed by atoms with van der Waals surface area (Å²) in [5.74, 6) is 0.216. The van der Waals surface area contributed by atoms with Crippen molar-refractivity contribution in [3.63, 3.8) is 0 Å². The number of rotatable bonds is 6. The Bertz CT molecular complexity index is 493. The Kier molecular flexibility index (Phi) is 5.34. The molecule has 22 heavy (non-hydrogen) atoms. The zero-order chi connectivity index (χ0) is 16.2. The highest BCUT2D eigenvalue weighted by atomic mass is 19.4. The number of halogens is 3. The lowest BCUT2D eigenvalue weighted by atomic mass is 9.86. The van der Waals surface area contributed by atoms with E-state index in [-0.39, 0.29) is 23.8 Å². The Morgan fingerprint density at radius 1 is 1.41 bits per heavy atom. The highest BCUT2D eigenvalue weighted by molar-refractivity contribution is 5.28. The minimum atomic E-state index is -4.33. The van der Waals surface area contributed by atoms with Crippen LogP contribution in [0.15, 0.2) is 24.3 Å². The highest BCUT2D eigenvalue weighted by Gasteiger charge is 2.37. The van der Waals surface area contributed by atoms with Crippen LogP contribution in [0.3, 0.4) is 0 Å². The zero-order valence-corrected chi connectivity index (χ0v) is 12.6. The summed E-state index contributed by atoms with van der Waals surface area (Å²) in [5.41, 5.74) is 0.747. The van der Waals surface area contributed by atoms with Gasteiger partial charge in [-0.05, 0) is 30.5 Å². The second-order valence-corrected chi connectivity index (χ2v) is 6.19. The maximum atomic E-state index is 12.2. The van der Waals surface area contributed by atoms with Crippen LogP contribution in [0.2, 0.25) is 0 Å². The van der Waals surface area contributed by atoms with E-state index in [1.54, 1.807) is 12.1 Å². The lowest BCUT2D eigenvalue weighted by molar-refractivity contribution is -0.153. The maximum Gasteiger partial charge on any atom is 0.422 e. The fourth-order valence-electron chi connectivity index (χ4n) is 2.92. The van der Waals surface area contributed by atoms with Gasteiger partial charge in [0, 0.05) is 24.6 Å². The van der Waals surface area contributed by atoms with Gasteiger partial charge in [-0.2, -0.15) is 13.2 Å². The summed E-state index contributed by atoms with van der Waals surface area (Å²) < 4.78 is 41.2. The largest absolute Gasteiger partial charge is 0.484 e. The van der Waals surface area contributed by atoms with Gasteiger partial charge in [0.1, 0.15) is 5.75 Å². The molecule has 124 valence electrons. The summed E-state index contributed by atoms with van der Waals surface area (Å²) in [6.07, 6.45) is -1.28. The van der Waals surface area contributed by atoms with Gasteiger partial charge in [-0.25, -0.2) is 0 Å². The van der Waals surface area contributed by atoms with Crippen LogP contribution in [0.1, 0.15) is 31.7 Å². The van der Waals surface area contributed by atoms with E-state index in [1.807, 2.05) is 6.07 Å². The fourth-order valence-corrected chi connectivity index (χ4v) is 2.92. The van der Waals surface area contributed by atoms with Crippen LogP contribution >= 0.6 is 0 Å². The molecule has 1 aliphatic carbocycles. The molecule has 0 saturated heterocycles. The van der Waals surface area contributed by atoms with E-state index >= 15 is 0 Å². The molecule has 0 spiro atoms. The molecule has 0 radical (unpaired) electrons. The Hall–Kier alpha value is -1.27. The van der Waals surface area contributed by atoms with E-state index in [1.165, 1.54) is 6.07 Å². The molecule has 1 aromatic carbocycles. The lowest BCUT2D eigenvalue weighted by Gasteiger charge is -2.30. The SMILES string of the molecule is C[C@@]1(CO)CCC[C@@H]1NCc1cccc(OCC(F)(F)F)c1. The maximum absolute atomic E-state index is 12.2. The van der Waals surface area contributed by atoms with Crippen LogP contribution in [-0.4, -0.2) is 30.5 Å². The first kappa shape index (κ1) is 17.1. The summed E-state index contributed by atoms with van der Waals surface area (Å²) in [7, 11) is 0. The van der Waals surface area contributed by atoms with Gasteiger partial charge in [0.25, 0.3) is 0 Å². The summed E-state index contributed by atoms with van der Waals surface area (Å²) in [6.45, 7) is 1.46. The van der Waals surface area contributed by atoms with Crippen LogP contribution in [0.25, 0.3) is 0 Å². The van der Waals surface area contributed by atoms with Crippen molar-refractivity contribution in [2.75, 3.05) is 13.2 Å². The van der Waals surface area contributed by atoms with Crippen LogP contribution < -0.4 is 10.1 Å². The molecule has 0 bridgehead atoms. The number of aliphatic hydroxyl groups excluding tert-OH is 1. The quantitative estimate of drug-likeness (QED) is 0.846. The molecule has 0 unspecified atom stereocenters. The predicted octanol–water partition coefficient (Wildman–Crippen LogP) is 3.27. The molecule has 0 heterocycles. The molecule has 2 atom stereocenters. The van der Waals surface area contributed by atoms with Gasteiger partial charge in [0.15, 0.2) is 6.61 Å². The van der Waals surface area contributed by atoms with E-state index in [0.29, 0.717) is 6.54 Å². The van der Waals surface area contributed by atoms with E-state index < -0.39 is 12.8 Å². The average Bonchev–Trinajstić information content (AvgIpc) is 2.85. The van der Waals surface area contributed by atoms with Crippen LogP contribution in [-0.2, 0) is 6.54 Å². The zero-order valence-electron chi connectivity index (χ0n) is 12.6. The number of benzene rings is 1. The Morgan fingerprint density at radius 3 is 2.86 bits per heavy atom. The van der Waals surface area contributed by atoms with Crippen molar-refractivity contribution in [1.82, 2.24) is 5.32 Å². The van der Waals surface area contributed by atoms with Gasteiger partial charge in [-0.3, -0.25) is 0 Å². The van der Waals surface area contributed by atoms with Crippen molar-refractivity contribution >= 4 is 0 Å². The monoisotopic (exact) mass is 317 g/mol. The summed E-state index contributed by atoms with van der Waals surface area (Å²) in [5, 5.41) is 12.9. The van der Waals surface area contributed by atoms with Crippen LogP contribution in [0.4, 0.5) is 13.2 Å². The molecule has 0 amide bonds. The van der Waals surface area contributed by atoms with Gasteiger partial charge >= 0.3 is 6.18 Å². The molecular weight excluding hydrogens is 295 g/mol. The number of alkyl halides is 3. The fraction of sp³-hybridized carbons (Fsp3) is 0.625. The number of ether oxygens (including phenoxy) is 1. The molecule has 1 saturated carbocycles. The van der Waals surface area contributed by atoms with Gasteiger partial charge in [0.2, 0.25) is 0 Å². The van der Waals surface area contributed by atoms with Crippen LogP contribution in [0, 0.1) is 5.41 Å². The molecule has 1 fully saturated rings. The van der Waals surface area contributed by atoms with Crippen molar-refractivity contribution in [1.29, 1.82) is 0 Å². The van der Waals surface area contributed by atoms with Gasteiger partial charge in [0.05, 0.1) is 0 Å². The summed E-state index contributed by atoms with van der Waals surface area (Å²) in [6, 6.07) is 6.88. The minimum Gasteiger partial charge on any atom is -0.484 e. The first-order chi connectivity index (χ1) is 10.3. The molecule has 6 heteroatoms. The third-order valence-corrected chi connectivity index (χ3v) is 4.30. The lowest BCUT2D eigenvalue weighted by Crippen LogP contribution is -2.41. The molecule has 0 aliphatic heterocycles. The second-order valence-electron chi connectivity index (χ2n) is 6.19. The number of aliphatic hydroxyl groups is 1. The van der Waals surface area contributed by atoms with E-state index in [9.17, 15) is 18.3 Å². The topological polar surface area (TPSA) is 41.5 Å². The summed E-state index contributed by atoms with van der Waals surface area (Å²) in [4.78, 5) is 0. The Balaban J connectivity index is 1.91. The van der Waals surface area contributed by atoms with Crippen molar-refractivity contribution in [3.8, 4) is 5.75 Å². The molecule has 3 nitrogen and oxygen atoms in total. The standard InChI is InChI=1S/C16H22F3NO2/c1-15(10-21)7-3-6-14(15)20-9-12-4-2-5-13(8-12)22-11-16(17,18)19/h2,4-5,8,14,20-21H,3,6-7,9-11H2,1H3/t14-,15-/m0/s1. The molecule has 1 aliphatic rings. The first-order valence-corrected chi connectivity index (χ1v) is 7.45. The third-order valence-electron chi connectivity index (χ3n) is 4.30. The smallest absolute Gasteiger partial charge is 0.422 e. The number of nitrogens with one attached hydrogen (secondary N) is 1. The van der Waals surface area contributed by atoms with Crippen LogP contribution in [0.5, 0.6) is 5.75 Å². The first-order valence-electron chi connectivity index (χ1n) is 7.45. The van der Waals surface area contributed by atoms with Crippen molar-refractivity contribution in [2.45, 2.75) is 44.9 Å². The average molecular weight is 317 g/mol. The van der Waals surface area contributed by atoms with Crippen molar-refractivity contribution in [3.05, 3.63) is 29.8 Å². The van der Waals surface area contributed by atoms with E-state index in [4.69, 9.17) is 4.74 Å². The van der Waals surface area contributed by atoms with Crippen molar-refractivity contribution < 1.29 is 23.0 Å². The normalized spacial score (nSPS) is 25.4. The van der Waals surface area contributed by atoms with Gasteiger partial charge < -0.3 is 15.2 Å². The number of hydrogen-bond donors (Lipinski definition) is 2. The van der Waals surface area contributed by atoms with Crippen molar-refractivity contribution in [2.24, 2.45) is 5.41 Å². The van der Waals surface area contributed by atoms with Gasteiger partial charge in [-0.1, -0.05) is 25.5 Å². The molecule has 2 rings (SSSR count). The van der Waals surface area contributed by atoms with Gasteiger partial charge in [-0.15, -0.1) is 0 Å². The number of hydrogen-bond acceptors (Lipinski definition) is 3.